The average molecular weight is 752 g/mol. The van der Waals surface area contributed by atoms with Gasteiger partial charge in [0.15, 0.2) is 5.82 Å². The number of aromatic nitrogens is 2. The summed E-state index contributed by atoms with van der Waals surface area (Å²) in [6, 6.07) is 26.1. The number of benzene rings is 4. The van der Waals surface area contributed by atoms with E-state index in [2.05, 4.69) is 50.3 Å². The minimum Gasteiger partial charge on any atom is -0.487 e. The molecule has 184 valence electrons. The zero-order chi connectivity index (χ0) is 25.9. The third kappa shape index (κ3) is 5.84. The van der Waals surface area contributed by atoms with Crippen LogP contribution in [0.1, 0.15) is 11.1 Å². The van der Waals surface area contributed by atoms with Crippen LogP contribution < -0.4 is 10.3 Å². The van der Waals surface area contributed by atoms with Crippen LogP contribution in [-0.4, -0.2) is 15.9 Å². The summed E-state index contributed by atoms with van der Waals surface area (Å²) in [4.78, 5) is 18.1. The molecule has 0 aliphatic carbocycles. The number of hydrogen-bond acceptors (Lipinski definition) is 4. The number of nitrogens with zero attached hydrogens (tertiary/aromatic N) is 3. The average Bonchev–Trinajstić information content (AvgIpc) is 2.89. The number of ether oxygens (including phenoxy) is 1. The Morgan fingerprint density at radius 2 is 1.62 bits per heavy atom. The number of halogens is 4. The molecule has 0 N–H and O–H groups in total. The van der Waals surface area contributed by atoms with Crippen molar-refractivity contribution in [1.29, 1.82) is 0 Å². The first kappa shape index (κ1) is 26.1. The van der Waals surface area contributed by atoms with Gasteiger partial charge in [0.25, 0.3) is 5.56 Å². The predicted octanol–water partition coefficient (Wildman–Crippen LogP) is 8.04. The highest BCUT2D eigenvalue weighted by atomic mass is 127. The smallest absolute Gasteiger partial charge is 0.282 e. The van der Waals surface area contributed by atoms with Crippen LogP contribution in [0, 0.1) is 7.14 Å². The molecule has 5 rings (SSSR count). The van der Waals surface area contributed by atoms with Gasteiger partial charge in [-0.05, 0) is 87.1 Å². The number of rotatable bonds is 6. The summed E-state index contributed by atoms with van der Waals surface area (Å²) < 4.78 is 9.25. The first-order valence-corrected chi connectivity index (χ1v) is 14.0. The zero-order valence-electron chi connectivity index (χ0n) is 19.0. The fourth-order valence-electron chi connectivity index (χ4n) is 3.71. The van der Waals surface area contributed by atoms with E-state index in [0.29, 0.717) is 33.4 Å². The van der Waals surface area contributed by atoms with Gasteiger partial charge in [-0.2, -0.15) is 9.78 Å². The monoisotopic (exact) mass is 751 g/mol. The Labute approximate surface area is 250 Å². The number of fused-ring (bicyclic) bond motifs is 1. The summed E-state index contributed by atoms with van der Waals surface area (Å²) in [5.74, 6) is 1.23. The minimum absolute atomic E-state index is 0.232. The maximum Gasteiger partial charge on any atom is 0.282 e. The molecule has 0 saturated carbocycles. The van der Waals surface area contributed by atoms with Crippen molar-refractivity contribution < 1.29 is 4.74 Å². The molecular formula is C28H17Cl2I2N3O2. The van der Waals surface area contributed by atoms with Crippen LogP contribution in [-0.2, 0) is 6.61 Å². The van der Waals surface area contributed by atoms with Crippen molar-refractivity contribution in [2.45, 2.75) is 6.61 Å². The van der Waals surface area contributed by atoms with Crippen molar-refractivity contribution in [2.75, 3.05) is 0 Å². The second-order valence-electron chi connectivity index (χ2n) is 8.02. The highest BCUT2D eigenvalue weighted by Gasteiger charge is 2.13. The summed E-state index contributed by atoms with van der Waals surface area (Å²) in [5.41, 5.74) is 2.87. The molecule has 9 heteroatoms. The van der Waals surface area contributed by atoms with Crippen molar-refractivity contribution in [3.05, 3.63) is 124 Å². The number of para-hydroxylation sites is 1. The fourth-order valence-corrected chi connectivity index (χ4v) is 6.30. The molecule has 37 heavy (non-hydrogen) atoms. The third-order valence-corrected chi connectivity index (χ3v) is 7.71. The van der Waals surface area contributed by atoms with Crippen LogP contribution in [0.5, 0.6) is 5.75 Å². The van der Waals surface area contributed by atoms with Crippen LogP contribution in [0.25, 0.3) is 22.3 Å². The van der Waals surface area contributed by atoms with E-state index in [1.54, 1.807) is 24.4 Å². The molecule has 0 fully saturated rings. The van der Waals surface area contributed by atoms with Gasteiger partial charge < -0.3 is 4.74 Å². The second kappa shape index (κ2) is 11.5. The summed E-state index contributed by atoms with van der Waals surface area (Å²) in [6.45, 7) is 0.314. The molecule has 5 nitrogen and oxygen atoms in total. The quantitative estimate of drug-likeness (QED) is 0.130. The van der Waals surface area contributed by atoms with Crippen LogP contribution >= 0.6 is 68.4 Å². The van der Waals surface area contributed by atoms with Gasteiger partial charge in [0.05, 0.1) is 24.3 Å². The van der Waals surface area contributed by atoms with Crippen LogP contribution in [0.2, 0.25) is 10.0 Å². The molecule has 0 amide bonds. The van der Waals surface area contributed by atoms with E-state index in [-0.39, 0.29) is 5.56 Å². The molecule has 0 saturated heterocycles. The van der Waals surface area contributed by atoms with Crippen LogP contribution in [0.15, 0.2) is 94.8 Å². The Morgan fingerprint density at radius 3 is 2.35 bits per heavy atom. The summed E-state index contributed by atoms with van der Waals surface area (Å²) >= 11 is 16.7. The first-order valence-electron chi connectivity index (χ1n) is 11.1. The maximum atomic E-state index is 13.4. The molecule has 0 radical (unpaired) electrons. The minimum atomic E-state index is -0.232. The lowest BCUT2D eigenvalue weighted by atomic mass is 10.2. The van der Waals surface area contributed by atoms with E-state index < -0.39 is 0 Å². The highest BCUT2D eigenvalue weighted by molar-refractivity contribution is 14.1. The van der Waals surface area contributed by atoms with Gasteiger partial charge in [-0.15, -0.1) is 0 Å². The zero-order valence-corrected chi connectivity index (χ0v) is 24.9. The normalized spacial score (nSPS) is 11.4. The molecule has 1 aromatic heterocycles. The van der Waals surface area contributed by atoms with E-state index in [4.69, 9.17) is 32.9 Å². The van der Waals surface area contributed by atoms with Gasteiger partial charge in [-0.1, -0.05) is 71.7 Å². The van der Waals surface area contributed by atoms with E-state index in [1.165, 1.54) is 4.68 Å². The predicted molar refractivity (Wildman–Crippen MR) is 167 cm³/mol. The van der Waals surface area contributed by atoms with Crippen molar-refractivity contribution in [1.82, 2.24) is 9.66 Å². The van der Waals surface area contributed by atoms with Crippen LogP contribution in [0.4, 0.5) is 0 Å². The molecule has 1 heterocycles. The van der Waals surface area contributed by atoms with Gasteiger partial charge in [0, 0.05) is 21.2 Å². The maximum absolute atomic E-state index is 13.4. The SMILES string of the molecule is O=c1c2ccccc2nc(-c2ccccc2)n1N=Cc1cc(I)c(OCc2ccc(Cl)cc2Cl)c(I)c1. The van der Waals surface area contributed by atoms with E-state index in [1.807, 2.05) is 66.7 Å². The molecule has 0 aliphatic heterocycles. The Hall–Kier alpha value is -2.47. The molecular weight excluding hydrogens is 735 g/mol. The fraction of sp³-hybridized carbons (Fsp3) is 0.0357. The van der Waals surface area contributed by atoms with Gasteiger partial charge in [-0.25, -0.2) is 4.98 Å². The lowest BCUT2D eigenvalue weighted by Gasteiger charge is -2.13. The first-order chi connectivity index (χ1) is 17.9. The molecule has 4 aromatic carbocycles. The van der Waals surface area contributed by atoms with E-state index in [0.717, 1.165) is 29.6 Å². The van der Waals surface area contributed by atoms with Crippen molar-refractivity contribution >= 4 is 85.5 Å². The Morgan fingerprint density at radius 1 is 0.919 bits per heavy atom. The van der Waals surface area contributed by atoms with Crippen molar-refractivity contribution in [3.8, 4) is 17.1 Å². The lowest BCUT2D eigenvalue weighted by molar-refractivity contribution is 0.302. The molecule has 0 spiro atoms. The van der Waals surface area contributed by atoms with Gasteiger partial charge in [-0.3, -0.25) is 4.79 Å². The Balaban J connectivity index is 1.48. The van der Waals surface area contributed by atoms with Crippen molar-refractivity contribution in [3.63, 3.8) is 0 Å². The third-order valence-electron chi connectivity index (χ3n) is 5.52. The van der Waals surface area contributed by atoms with Crippen molar-refractivity contribution in [2.24, 2.45) is 5.10 Å². The lowest BCUT2D eigenvalue weighted by Crippen LogP contribution is -2.20. The Bertz CT molecular complexity index is 1680. The molecule has 0 atom stereocenters. The highest BCUT2D eigenvalue weighted by Crippen LogP contribution is 2.30. The standard InChI is InChI=1S/C28H17Cl2I2N3O2/c29-20-11-10-19(22(30)14-20)16-37-26-23(31)12-17(13-24(26)32)15-33-35-27(18-6-2-1-3-7-18)34-25-9-5-4-8-21(25)28(35)36/h1-15H,16H2. The molecule has 0 aliphatic rings. The number of hydrogen-bond donors (Lipinski definition) is 0. The van der Waals surface area contributed by atoms with Crippen LogP contribution in [0.3, 0.4) is 0 Å². The Kier molecular flexibility index (Phi) is 8.13. The molecule has 0 unspecified atom stereocenters. The largest absolute Gasteiger partial charge is 0.487 e. The van der Waals surface area contributed by atoms with E-state index >= 15 is 0 Å². The molecule has 0 bridgehead atoms. The summed E-state index contributed by atoms with van der Waals surface area (Å²) in [7, 11) is 0. The van der Waals surface area contributed by atoms with Gasteiger partial charge in [0.1, 0.15) is 12.4 Å². The summed E-state index contributed by atoms with van der Waals surface area (Å²) in [5, 5.41) is 6.22. The second-order valence-corrected chi connectivity index (χ2v) is 11.2. The van der Waals surface area contributed by atoms with E-state index in [9.17, 15) is 4.79 Å². The van der Waals surface area contributed by atoms with Gasteiger partial charge in [0.2, 0.25) is 0 Å². The molecule has 5 aromatic rings. The van der Waals surface area contributed by atoms with Gasteiger partial charge >= 0.3 is 0 Å². The topological polar surface area (TPSA) is 56.5 Å². The summed E-state index contributed by atoms with van der Waals surface area (Å²) in [6.07, 6.45) is 1.66.